The maximum Gasteiger partial charge on any atom is 0.283 e. The molecular formula is C10H15ClN2OS. The fraction of sp³-hybridized carbons (Fsp3) is 0.600. The average molecular weight is 247 g/mol. The van der Waals surface area contributed by atoms with E-state index in [-0.39, 0.29) is 5.56 Å². The van der Waals surface area contributed by atoms with Crippen molar-refractivity contribution in [3.63, 3.8) is 0 Å². The number of nitrogens with zero attached hydrogens (tertiary/aromatic N) is 2. The van der Waals surface area contributed by atoms with E-state index in [0.29, 0.717) is 22.7 Å². The van der Waals surface area contributed by atoms with Gasteiger partial charge < -0.3 is 4.57 Å². The lowest BCUT2D eigenvalue weighted by Gasteiger charge is -2.08. The Bertz CT molecular complexity index is 367. The predicted octanol–water partition coefficient (Wildman–Crippen LogP) is 2.37. The third-order valence-corrected chi connectivity index (χ3v) is 3.41. The Morgan fingerprint density at radius 3 is 3.00 bits per heavy atom. The van der Waals surface area contributed by atoms with Crippen LogP contribution >= 0.6 is 23.4 Å². The van der Waals surface area contributed by atoms with E-state index in [1.54, 1.807) is 17.0 Å². The van der Waals surface area contributed by atoms with E-state index < -0.39 is 0 Å². The standard InChI is InChI=1S/C10H15ClN2OS/c1-3-13-7-6-12-9(10(13)14)15-8(2)4-5-11/h6-8H,3-5H2,1-2H3. The predicted molar refractivity (Wildman–Crippen MR) is 64.8 cm³/mol. The molecule has 0 saturated heterocycles. The molecule has 1 aromatic rings. The van der Waals surface area contributed by atoms with Crippen LogP contribution < -0.4 is 5.56 Å². The second-order valence-corrected chi connectivity index (χ2v) is 5.03. The van der Waals surface area contributed by atoms with Crippen LogP contribution in [0, 0.1) is 0 Å². The molecule has 3 nitrogen and oxygen atoms in total. The highest BCUT2D eigenvalue weighted by atomic mass is 35.5. The molecule has 0 spiro atoms. The smallest absolute Gasteiger partial charge is 0.283 e. The van der Waals surface area contributed by atoms with Crippen LogP contribution in [0.25, 0.3) is 0 Å². The van der Waals surface area contributed by atoms with Gasteiger partial charge >= 0.3 is 0 Å². The van der Waals surface area contributed by atoms with Gasteiger partial charge in [-0.05, 0) is 13.3 Å². The van der Waals surface area contributed by atoms with E-state index in [2.05, 4.69) is 11.9 Å². The molecule has 1 rings (SSSR count). The van der Waals surface area contributed by atoms with Crippen LogP contribution in [0.3, 0.4) is 0 Å². The van der Waals surface area contributed by atoms with E-state index in [1.807, 2.05) is 6.92 Å². The van der Waals surface area contributed by atoms with Crippen molar-refractivity contribution in [2.75, 3.05) is 5.88 Å². The molecule has 1 unspecified atom stereocenters. The summed E-state index contributed by atoms with van der Waals surface area (Å²) in [6.07, 6.45) is 4.26. The van der Waals surface area contributed by atoms with Crippen LogP contribution in [0.15, 0.2) is 22.2 Å². The Hall–Kier alpha value is -0.480. The van der Waals surface area contributed by atoms with Crippen LogP contribution in [0.5, 0.6) is 0 Å². The normalized spacial score (nSPS) is 12.7. The van der Waals surface area contributed by atoms with E-state index in [1.165, 1.54) is 11.8 Å². The molecule has 0 fully saturated rings. The fourth-order valence-electron chi connectivity index (χ4n) is 1.16. The van der Waals surface area contributed by atoms with E-state index >= 15 is 0 Å². The van der Waals surface area contributed by atoms with Crippen LogP contribution in [0.4, 0.5) is 0 Å². The summed E-state index contributed by atoms with van der Waals surface area (Å²) in [5.74, 6) is 0.614. The number of aromatic nitrogens is 2. The molecule has 0 aromatic carbocycles. The molecule has 0 aliphatic heterocycles. The van der Waals surface area contributed by atoms with Crippen molar-refractivity contribution in [1.29, 1.82) is 0 Å². The first-order valence-corrected chi connectivity index (χ1v) is 6.38. The van der Waals surface area contributed by atoms with Crippen molar-refractivity contribution < 1.29 is 0 Å². The van der Waals surface area contributed by atoms with Gasteiger partial charge in [-0.1, -0.05) is 18.7 Å². The largest absolute Gasteiger partial charge is 0.312 e. The van der Waals surface area contributed by atoms with Gasteiger partial charge in [-0.2, -0.15) is 0 Å². The van der Waals surface area contributed by atoms with Gasteiger partial charge in [0.1, 0.15) is 0 Å². The zero-order valence-electron chi connectivity index (χ0n) is 8.94. The van der Waals surface area contributed by atoms with Crippen molar-refractivity contribution in [3.8, 4) is 0 Å². The molecular weight excluding hydrogens is 232 g/mol. The summed E-state index contributed by atoms with van der Waals surface area (Å²) in [6.45, 7) is 4.67. The summed E-state index contributed by atoms with van der Waals surface area (Å²) in [6, 6.07) is 0. The minimum atomic E-state index is -0.00794. The van der Waals surface area contributed by atoms with Gasteiger partial charge in [0.25, 0.3) is 5.56 Å². The van der Waals surface area contributed by atoms with Crippen LogP contribution in [0.2, 0.25) is 0 Å². The summed E-state index contributed by atoms with van der Waals surface area (Å²) in [5.41, 5.74) is -0.00794. The van der Waals surface area contributed by atoms with Crippen molar-refractivity contribution in [2.24, 2.45) is 0 Å². The Kier molecular flexibility index (Phi) is 5.19. The lowest BCUT2D eigenvalue weighted by Crippen LogP contribution is -2.21. The van der Waals surface area contributed by atoms with Gasteiger partial charge in [-0.15, -0.1) is 11.6 Å². The molecule has 0 bridgehead atoms. The second kappa shape index (κ2) is 6.18. The number of halogens is 1. The fourth-order valence-corrected chi connectivity index (χ4v) is 2.57. The quantitative estimate of drug-likeness (QED) is 0.591. The number of hydrogen-bond donors (Lipinski definition) is 0. The zero-order valence-corrected chi connectivity index (χ0v) is 10.5. The topological polar surface area (TPSA) is 34.9 Å². The van der Waals surface area contributed by atoms with E-state index in [0.717, 1.165) is 6.42 Å². The van der Waals surface area contributed by atoms with Gasteiger partial charge in [-0.25, -0.2) is 4.98 Å². The maximum atomic E-state index is 11.8. The highest BCUT2D eigenvalue weighted by Gasteiger charge is 2.09. The van der Waals surface area contributed by atoms with E-state index in [4.69, 9.17) is 11.6 Å². The molecule has 0 aliphatic rings. The summed E-state index contributed by atoms with van der Waals surface area (Å²) < 4.78 is 1.66. The molecule has 1 atom stereocenters. The molecule has 84 valence electrons. The molecule has 0 radical (unpaired) electrons. The highest BCUT2D eigenvalue weighted by Crippen LogP contribution is 2.20. The Morgan fingerprint density at radius 1 is 1.67 bits per heavy atom. The maximum absolute atomic E-state index is 11.8. The van der Waals surface area contributed by atoms with Gasteiger partial charge in [0.15, 0.2) is 5.03 Å². The van der Waals surface area contributed by atoms with E-state index in [9.17, 15) is 4.79 Å². The first-order valence-electron chi connectivity index (χ1n) is 4.97. The summed E-state index contributed by atoms with van der Waals surface area (Å²) in [4.78, 5) is 15.9. The zero-order chi connectivity index (χ0) is 11.3. The minimum Gasteiger partial charge on any atom is -0.312 e. The molecule has 0 saturated carbocycles. The van der Waals surface area contributed by atoms with Crippen molar-refractivity contribution in [3.05, 3.63) is 22.7 Å². The number of rotatable bonds is 5. The number of alkyl halides is 1. The van der Waals surface area contributed by atoms with Gasteiger partial charge in [0.2, 0.25) is 0 Å². The molecule has 1 heterocycles. The molecule has 0 N–H and O–H groups in total. The monoisotopic (exact) mass is 246 g/mol. The van der Waals surface area contributed by atoms with Crippen molar-refractivity contribution >= 4 is 23.4 Å². The van der Waals surface area contributed by atoms with Crippen molar-refractivity contribution in [1.82, 2.24) is 9.55 Å². The minimum absolute atomic E-state index is 0.00794. The summed E-state index contributed by atoms with van der Waals surface area (Å²) in [5, 5.41) is 0.896. The molecule has 0 aliphatic carbocycles. The molecule has 0 amide bonds. The van der Waals surface area contributed by atoms with Crippen molar-refractivity contribution in [2.45, 2.75) is 37.1 Å². The lowest BCUT2D eigenvalue weighted by atomic mass is 10.4. The van der Waals surface area contributed by atoms with Crippen LogP contribution in [-0.4, -0.2) is 20.7 Å². The first-order chi connectivity index (χ1) is 7.19. The van der Waals surface area contributed by atoms with Crippen LogP contribution in [-0.2, 0) is 6.54 Å². The highest BCUT2D eigenvalue weighted by molar-refractivity contribution is 7.99. The average Bonchev–Trinajstić information content (AvgIpc) is 2.21. The summed E-state index contributed by atoms with van der Waals surface area (Å²) >= 11 is 7.14. The number of thioether (sulfide) groups is 1. The van der Waals surface area contributed by atoms with Gasteiger partial charge in [-0.3, -0.25) is 4.79 Å². The third kappa shape index (κ3) is 3.54. The lowest BCUT2D eigenvalue weighted by molar-refractivity contribution is 0.691. The molecule has 1 aromatic heterocycles. The third-order valence-electron chi connectivity index (χ3n) is 2.05. The van der Waals surface area contributed by atoms with Gasteiger partial charge in [0.05, 0.1) is 0 Å². The summed E-state index contributed by atoms with van der Waals surface area (Å²) in [7, 11) is 0. The number of aryl methyl sites for hydroxylation is 1. The molecule has 15 heavy (non-hydrogen) atoms. The second-order valence-electron chi connectivity index (χ2n) is 3.23. The van der Waals surface area contributed by atoms with Crippen LogP contribution in [0.1, 0.15) is 20.3 Å². The molecule has 5 heteroatoms. The number of hydrogen-bond acceptors (Lipinski definition) is 3. The Labute approximate surface area is 98.9 Å². The van der Waals surface area contributed by atoms with Gasteiger partial charge in [0, 0.05) is 30.1 Å². The first kappa shape index (κ1) is 12.6. The SMILES string of the molecule is CCn1ccnc(SC(C)CCCl)c1=O. The Balaban J connectivity index is 2.81. The Morgan fingerprint density at radius 2 is 2.40 bits per heavy atom.